The van der Waals surface area contributed by atoms with Crippen LogP contribution in [0.5, 0.6) is 23.0 Å². The predicted molar refractivity (Wildman–Crippen MR) is 105 cm³/mol. The molecule has 0 bridgehead atoms. The van der Waals surface area contributed by atoms with Gasteiger partial charge in [0, 0.05) is 17.7 Å². The Morgan fingerprint density at radius 2 is 1.87 bits per heavy atom. The molecular formula is C21H19NO8. The normalized spacial score (nSPS) is 13.4. The van der Waals surface area contributed by atoms with Crippen molar-refractivity contribution in [3.63, 3.8) is 0 Å². The summed E-state index contributed by atoms with van der Waals surface area (Å²) in [6.45, 7) is -0.862. The number of ketones is 1. The molecule has 0 radical (unpaired) electrons. The second-order valence-electron chi connectivity index (χ2n) is 6.16. The molecule has 9 nitrogen and oxygen atoms in total. The average molecular weight is 413 g/mol. The van der Waals surface area contributed by atoms with Gasteiger partial charge in [-0.15, -0.1) is 0 Å². The Morgan fingerprint density at radius 3 is 2.57 bits per heavy atom. The molecule has 1 aliphatic heterocycles. The fourth-order valence-electron chi connectivity index (χ4n) is 2.71. The molecule has 0 saturated heterocycles. The molecule has 1 aliphatic rings. The molecule has 2 aromatic rings. The van der Waals surface area contributed by atoms with Crippen LogP contribution in [0.2, 0.25) is 0 Å². The minimum Gasteiger partial charge on any atom is -0.497 e. The molecule has 0 spiro atoms. The van der Waals surface area contributed by atoms with Crippen molar-refractivity contribution in [1.29, 1.82) is 0 Å². The molecule has 0 aliphatic carbocycles. The van der Waals surface area contributed by atoms with E-state index in [1.165, 1.54) is 25.3 Å². The van der Waals surface area contributed by atoms with E-state index in [4.69, 9.17) is 24.1 Å². The Morgan fingerprint density at radius 1 is 1.10 bits per heavy atom. The maximum Gasteiger partial charge on any atom is 0.322 e. The van der Waals surface area contributed by atoms with Crippen LogP contribution in [0.3, 0.4) is 0 Å². The van der Waals surface area contributed by atoms with Crippen LogP contribution in [0.15, 0.2) is 42.2 Å². The summed E-state index contributed by atoms with van der Waals surface area (Å²) in [5, 5.41) is 10.7. The van der Waals surface area contributed by atoms with Crippen molar-refractivity contribution in [3.8, 4) is 23.0 Å². The van der Waals surface area contributed by atoms with Crippen LogP contribution in [0.4, 0.5) is 0 Å². The third kappa shape index (κ3) is 4.69. The molecule has 1 amide bonds. The van der Waals surface area contributed by atoms with E-state index in [9.17, 15) is 14.4 Å². The summed E-state index contributed by atoms with van der Waals surface area (Å²) in [4.78, 5) is 34.6. The number of rotatable bonds is 8. The highest BCUT2D eigenvalue weighted by molar-refractivity contribution is 6.14. The van der Waals surface area contributed by atoms with E-state index < -0.39 is 18.4 Å². The van der Waals surface area contributed by atoms with Crippen LogP contribution in [-0.4, -0.2) is 50.1 Å². The van der Waals surface area contributed by atoms with Gasteiger partial charge in [0.25, 0.3) is 5.91 Å². The number of Topliss-reactive ketones (excluding diaryl/α,β-unsaturated/α-hetero) is 1. The maximum atomic E-state index is 12.6. The first-order chi connectivity index (χ1) is 14.4. The molecule has 156 valence electrons. The van der Waals surface area contributed by atoms with E-state index >= 15 is 0 Å². The zero-order valence-corrected chi connectivity index (χ0v) is 16.3. The van der Waals surface area contributed by atoms with Crippen molar-refractivity contribution >= 4 is 23.7 Å². The number of hydrogen-bond donors (Lipinski definition) is 2. The highest BCUT2D eigenvalue weighted by atomic mass is 16.5. The number of ether oxygens (including phenoxy) is 4. The molecular weight excluding hydrogens is 394 g/mol. The van der Waals surface area contributed by atoms with Crippen molar-refractivity contribution < 1.29 is 38.4 Å². The molecule has 9 heteroatoms. The van der Waals surface area contributed by atoms with Gasteiger partial charge >= 0.3 is 5.97 Å². The van der Waals surface area contributed by atoms with Crippen LogP contribution < -0.4 is 24.3 Å². The topological polar surface area (TPSA) is 120 Å². The SMILES string of the molecule is COc1ccc(/C=C2\Oc3cc(OCC(=O)NCC(=O)O)ccc3C2=O)c(OC)c1. The number of carbonyl (C=O) groups is 3. The van der Waals surface area contributed by atoms with Crippen LogP contribution >= 0.6 is 0 Å². The summed E-state index contributed by atoms with van der Waals surface area (Å²) in [5.74, 6) is -0.186. The van der Waals surface area contributed by atoms with Crippen LogP contribution in [-0.2, 0) is 9.59 Å². The minimum absolute atomic E-state index is 0.116. The van der Waals surface area contributed by atoms with E-state index in [1.807, 2.05) is 0 Å². The van der Waals surface area contributed by atoms with Gasteiger partial charge in [0.1, 0.15) is 29.5 Å². The molecule has 1 heterocycles. The number of carbonyl (C=O) groups excluding carboxylic acids is 2. The first-order valence-corrected chi connectivity index (χ1v) is 8.83. The van der Waals surface area contributed by atoms with Crippen molar-refractivity contribution in [2.45, 2.75) is 0 Å². The zero-order chi connectivity index (χ0) is 21.7. The molecule has 0 unspecified atom stereocenters. The number of carboxylic acids is 1. The maximum absolute atomic E-state index is 12.6. The third-order valence-electron chi connectivity index (χ3n) is 4.18. The molecule has 0 fully saturated rings. The van der Waals surface area contributed by atoms with Gasteiger partial charge in [-0.1, -0.05) is 0 Å². The van der Waals surface area contributed by atoms with Crippen LogP contribution in [0.25, 0.3) is 6.08 Å². The molecule has 2 N–H and O–H groups in total. The van der Waals surface area contributed by atoms with Gasteiger partial charge in [-0.2, -0.15) is 0 Å². The van der Waals surface area contributed by atoms with Gasteiger partial charge < -0.3 is 29.4 Å². The number of hydrogen-bond acceptors (Lipinski definition) is 7. The second kappa shape index (κ2) is 8.99. The lowest BCUT2D eigenvalue weighted by molar-refractivity contribution is -0.138. The summed E-state index contributed by atoms with van der Waals surface area (Å²) in [5.41, 5.74) is 0.998. The van der Waals surface area contributed by atoms with Crippen molar-refractivity contribution in [2.24, 2.45) is 0 Å². The van der Waals surface area contributed by atoms with E-state index in [1.54, 1.807) is 31.4 Å². The summed E-state index contributed by atoms with van der Waals surface area (Å²) >= 11 is 0. The molecule has 0 atom stereocenters. The monoisotopic (exact) mass is 413 g/mol. The fourth-order valence-corrected chi connectivity index (χ4v) is 2.71. The number of methoxy groups -OCH3 is 2. The number of carboxylic acid groups (broad SMARTS) is 1. The Labute approximate surface area is 171 Å². The summed E-state index contributed by atoms with van der Waals surface area (Å²) in [6.07, 6.45) is 1.57. The predicted octanol–water partition coefficient (Wildman–Crippen LogP) is 1.90. The molecule has 2 aromatic carbocycles. The standard InChI is InChI=1S/C21H19NO8/c1-27-13-4-3-12(16(8-13)28-2)7-18-21(26)15-6-5-14(9-17(15)30-18)29-11-19(23)22-10-20(24)25/h3-9H,10-11H2,1-2H3,(H,22,23)(H,24,25)/b18-7-. The summed E-state index contributed by atoms with van der Waals surface area (Å²) in [6, 6.07) is 9.73. The van der Waals surface area contributed by atoms with E-state index in [0.717, 1.165) is 0 Å². The molecule has 0 saturated carbocycles. The van der Waals surface area contributed by atoms with Crippen molar-refractivity contribution in [2.75, 3.05) is 27.4 Å². The first kappa shape index (κ1) is 20.7. The second-order valence-corrected chi connectivity index (χ2v) is 6.16. The van der Waals surface area contributed by atoms with Crippen molar-refractivity contribution in [3.05, 3.63) is 53.3 Å². The van der Waals surface area contributed by atoms with Gasteiger partial charge in [0.2, 0.25) is 5.78 Å². The number of allylic oxidation sites excluding steroid dienone is 1. The molecule has 30 heavy (non-hydrogen) atoms. The number of amides is 1. The number of aliphatic carboxylic acids is 1. The molecule has 0 aromatic heterocycles. The third-order valence-corrected chi connectivity index (χ3v) is 4.18. The zero-order valence-electron chi connectivity index (χ0n) is 16.3. The lowest BCUT2D eigenvalue weighted by Crippen LogP contribution is -2.33. The largest absolute Gasteiger partial charge is 0.497 e. The van der Waals surface area contributed by atoms with Gasteiger partial charge in [-0.3, -0.25) is 14.4 Å². The Balaban J connectivity index is 1.73. The van der Waals surface area contributed by atoms with Gasteiger partial charge in [-0.05, 0) is 30.3 Å². The Kier molecular flexibility index (Phi) is 6.21. The smallest absolute Gasteiger partial charge is 0.322 e. The number of benzene rings is 2. The van der Waals surface area contributed by atoms with Crippen LogP contribution in [0.1, 0.15) is 15.9 Å². The summed E-state index contributed by atoms with van der Waals surface area (Å²) < 4.78 is 21.5. The highest BCUT2D eigenvalue weighted by Gasteiger charge is 2.28. The van der Waals surface area contributed by atoms with Gasteiger partial charge in [-0.25, -0.2) is 0 Å². The Hall–Kier alpha value is -4.01. The van der Waals surface area contributed by atoms with E-state index in [-0.39, 0.29) is 18.1 Å². The Bertz CT molecular complexity index is 1030. The quantitative estimate of drug-likeness (QED) is 0.630. The van der Waals surface area contributed by atoms with E-state index in [0.29, 0.717) is 34.1 Å². The number of nitrogens with one attached hydrogen (secondary N) is 1. The minimum atomic E-state index is -1.15. The average Bonchev–Trinajstić information content (AvgIpc) is 3.05. The first-order valence-electron chi connectivity index (χ1n) is 8.83. The van der Waals surface area contributed by atoms with Gasteiger partial charge in [0.05, 0.1) is 19.8 Å². The lowest BCUT2D eigenvalue weighted by atomic mass is 10.1. The summed E-state index contributed by atoms with van der Waals surface area (Å²) in [7, 11) is 3.06. The fraction of sp³-hybridized carbons (Fsp3) is 0.190. The van der Waals surface area contributed by atoms with Gasteiger partial charge in [0.15, 0.2) is 12.4 Å². The van der Waals surface area contributed by atoms with Crippen LogP contribution in [0, 0.1) is 0 Å². The molecule has 3 rings (SSSR count). The van der Waals surface area contributed by atoms with Crippen molar-refractivity contribution in [1.82, 2.24) is 5.32 Å². The highest BCUT2D eigenvalue weighted by Crippen LogP contribution is 2.36. The lowest BCUT2D eigenvalue weighted by Gasteiger charge is -2.08. The number of fused-ring (bicyclic) bond motifs is 1. The van der Waals surface area contributed by atoms with E-state index in [2.05, 4.69) is 5.32 Å².